The molecule has 4 heteroatoms. The van der Waals surface area contributed by atoms with E-state index in [9.17, 15) is 9.59 Å². The quantitative estimate of drug-likeness (QED) is 0.469. The number of nitrogens with one attached hydrogen (secondary N) is 1. The van der Waals surface area contributed by atoms with E-state index >= 15 is 0 Å². The van der Waals surface area contributed by atoms with Crippen molar-refractivity contribution in [2.45, 2.75) is 13.3 Å². The second kappa shape index (κ2) is 5.70. The number of amides is 1. The van der Waals surface area contributed by atoms with Gasteiger partial charge in [-0.25, -0.2) is 0 Å². The summed E-state index contributed by atoms with van der Waals surface area (Å²) in [4.78, 5) is 21.4. The van der Waals surface area contributed by atoms with Gasteiger partial charge in [0, 0.05) is 12.1 Å². The number of benzene rings is 1. The van der Waals surface area contributed by atoms with Gasteiger partial charge in [0.05, 0.1) is 0 Å². The SMILES string of the molecule is C=C(C=O)Oc1ccc(NC(=O)CC)cc1. The maximum atomic E-state index is 11.1. The fraction of sp³-hybridized carbons (Fsp3) is 0.167. The van der Waals surface area contributed by atoms with Crippen LogP contribution in [0.25, 0.3) is 0 Å². The van der Waals surface area contributed by atoms with Crippen LogP contribution in [-0.2, 0) is 9.59 Å². The van der Waals surface area contributed by atoms with Gasteiger partial charge < -0.3 is 10.1 Å². The largest absolute Gasteiger partial charge is 0.455 e. The molecular weight excluding hydrogens is 206 g/mol. The molecule has 0 radical (unpaired) electrons. The van der Waals surface area contributed by atoms with Crippen LogP contribution in [0.3, 0.4) is 0 Å². The number of carbonyl (C=O) groups excluding carboxylic acids is 2. The van der Waals surface area contributed by atoms with Gasteiger partial charge in [0.1, 0.15) is 5.75 Å². The van der Waals surface area contributed by atoms with Crippen LogP contribution in [0.1, 0.15) is 13.3 Å². The van der Waals surface area contributed by atoms with Crippen molar-refractivity contribution in [1.82, 2.24) is 0 Å². The van der Waals surface area contributed by atoms with Gasteiger partial charge in [-0.1, -0.05) is 13.5 Å². The molecule has 0 aliphatic rings. The Balaban J connectivity index is 2.64. The summed E-state index contributed by atoms with van der Waals surface area (Å²) in [6.45, 7) is 5.17. The summed E-state index contributed by atoms with van der Waals surface area (Å²) >= 11 is 0. The highest BCUT2D eigenvalue weighted by atomic mass is 16.5. The highest BCUT2D eigenvalue weighted by molar-refractivity contribution is 5.90. The molecule has 0 atom stereocenters. The van der Waals surface area contributed by atoms with Crippen LogP contribution in [-0.4, -0.2) is 12.2 Å². The zero-order chi connectivity index (χ0) is 12.0. The second-order valence-electron chi connectivity index (χ2n) is 3.11. The Bertz CT molecular complexity index is 395. The number of rotatable bonds is 5. The number of allylic oxidation sites excluding steroid dienone is 1. The topological polar surface area (TPSA) is 55.4 Å². The fourth-order valence-corrected chi connectivity index (χ4v) is 1.03. The van der Waals surface area contributed by atoms with Crippen LogP contribution in [0.4, 0.5) is 5.69 Å². The van der Waals surface area contributed by atoms with Crippen LogP contribution >= 0.6 is 0 Å². The minimum Gasteiger partial charge on any atom is -0.455 e. The maximum Gasteiger partial charge on any atom is 0.224 e. The second-order valence-corrected chi connectivity index (χ2v) is 3.11. The first kappa shape index (κ1) is 12.0. The van der Waals surface area contributed by atoms with Crippen molar-refractivity contribution in [1.29, 1.82) is 0 Å². The van der Waals surface area contributed by atoms with E-state index in [4.69, 9.17) is 4.74 Å². The molecule has 1 aromatic carbocycles. The summed E-state index contributed by atoms with van der Waals surface area (Å²) < 4.78 is 5.07. The molecule has 0 spiro atoms. The van der Waals surface area contributed by atoms with E-state index in [0.29, 0.717) is 24.1 Å². The summed E-state index contributed by atoms with van der Waals surface area (Å²) in [6.07, 6.45) is 0.965. The lowest BCUT2D eigenvalue weighted by atomic mass is 10.3. The molecule has 84 valence electrons. The Hall–Kier alpha value is -2.10. The van der Waals surface area contributed by atoms with Crippen molar-refractivity contribution in [3.05, 3.63) is 36.6 Å². The van der Waals surface area contributed by atoms with E-state index in [1.54, 1.807) is 31.2 Å². The lowest BCUT2D eigenvalue weighted by Crippen LogP contribution is -2.09. The van der Waals surface area contributed by atoms with E-state index in [-0.39, 0.29) is 11.7 Å². The maximum absolute atomic E-state index is 11.1. The Morgan fingerprint density at radius 1 is 1.44 bits per heavy atom. The highest BCUT2D eigenvalue weighted by Gasteiger charge is 2.00. The summed E-state index contributed by atoms with van der Waals surface area (Å²) in [5.41, 5.74) is 0.691. The first-order valence-electron chi connectivity index (χ1n) is 4.87. The minimum atomic E-state index is -0.0500. The van der Waals surface area contributed by atoms with Gasteiger partial charge in [-0.3, -0.25) is 9.59 Å². The lowest BCUT2D eigenvalue weighted by Gasteiger charge is -2.06. The molecule has 0 fully saturated rings. The monoisotopic (exact) mass is 219 g/mol. The Morgan fingerprint density at radius 3 is 2.56 bits per heavy atom. The molecule has 0 aliphatic carbocycles. The van der Waals surface area contributed by atoms with Gasteiger partial charge in [-0.15, -0.1) is 0 Å². The molecule has 0 heterocycles. The van der Waals surface area contributed by atoms with Crippen molar-refractivity contribution < 1.29 is 14.3 Å². The fourth-order valence-electron chi connectivity index (χ4n) is 1.03. The average Bonchev–Trinajstić information content (AvgIpc) is 2.31. The van der Waals surface area contributed by atoms with Crippen LogP contribution in [0.2, 0.25) is 0 Å². The smallest absolute Gasteiger partial charge is 0.224 e. The van der Waals surface area contributed by atoms with Crippen LogP contribution in [0, 0.1) is 0 Å². The number of aldehydes is 1. The average molecular weight is 219 g/mol. The van der Waals surface area contributed by atoms with E-state index in [1.807, 2.05) is 0 Å². The molecule has 0 aromatic heterocycles. The number of hydrogen-bond donors (Lipinski definition) is 1. The van der Waals surface area contributed by atoms with Crippen molar-refractivity contribution in [3.63, 3.8) is 0 Å². The van der Waals surface area contributed by atoms with Gasteiger partial charge in [0.25, 0.3) is 0 Å². The Kier molecular flexibility index (Phi) is 4.27. The molecule has 0 aliphatic heterocycles. The third kappa shape index (κ3) is 3.57. The molecule has 0 unspecified atom stereocenters. The van der Waals surface area contributed by atoms with Crippen molar-refractivity contribution in [3.8, 4) is 5.75 Å². The van der Waals surface area contributed by atoms with Gasteiger partial charge in [0.2, 0.25) is 5.91 Å². The van der Waals surface area contributed by atoms with Gasteiger partial charge >= 0.3 is 0 Å². The van der Waals surface area contributed by atoms with E-state index in [1.165, 1.54) is 0 Å². The molecule has 4 nitrogen and oxygen atoms in total. The Labute approximate surface area is 93.9 Å². The molecule has 0 saturated heterocycles. The predicted molar refractivity (Wildman–Crippen MR) is 61.2 cm³/mol. The summed E-state index contributed by atoms with van der Waals surface area (Å²) in [7, 11) is 0. The van der Waals surface area contributed by atoms with Crippen molar-refractivity contribution in [2.75, 3.05) is 5.32 Å². The van der Waals surface area contributed by atoms with Crippen LogP contribution < -0.4 is 10.1 Å². The number of carbonyl (C=O) groups is 2. The molecule has 0 bridgehead atoms. The normalized spacial score (nSPS) is 9.31. The summed E-state index contributed by atoms with van der Waals surface area (Å²) in [5.74, 6) is 0.503. The third-order valence-corrected chi connectivity index (χ3v) is 1.84. The van der Waals surface area contributed by atoms with Gasteiger partial charge in [-0.05, 0) is 24.3 Å². The zero-order valence-corrected chi connectivity index (χ0v) is 9.03. The van der Waals surface area contributed by atoms with Crippen molar-refractivity contribution in [2.24, 2.45) is 0 Å². The molecular formula is C12H13NO3. The van der Waals surface area contributed by atoms with Crippen LogP contribution in [0.5, 0.6) is 5.75 Å². The number of anilines is 1. The molecule has 1 rings (SSSR count). The summed E-state index contributed by atoms with van der Waals surface area (Å²) in [5, 5.41) is 2.70. The van der Waals surface area contributed by atoms with E-state index < -0.39 is 0 Å². The highest BCUT2D eigenvalue weighted by Crippen LogP contribution is 2.17. The Morgan fingerprint density at radius 2 is 2.06 bits per heavy atom. The molecule has 1 amide bonds. The first-order chi connectivity index (χ1) is 7.65. The standard InChI is InChI=1S/C12H13NO3/c1-3-12(15)13-10-4-6-11(7-5-10)16-9(2)8-14/h4-8H,2-3H2,1H3,(H,13,15). The van der Waals surface area contributed by atoms with Crippen molar-refractivity contribution >= 4 is 17.9 Å². The van der Waals surface area contributed by atoms with Crippen LogP contribution in [0.15, 0.2) is 36.6 Å². The number of hydrogen-bond acceptors (Lipinski definition) is 3. The molecule has 16 heavy (non-hydrogen) atoms. The minimum absolute atomic E-state index is 0.0466. The predicted octanol–water partition coefficient (Wildman–Crippen LogP) is 2.13. The van der Waals surface area contributed by atoms with Gasteiger partial charge in [-0.2, -0.15) is 0 Å². The summed E-state index contributed by atoms with van der Waals surface area (Å²) in [6, 6.07) is 6.70. The molecule has 0 saturated carbocycles. The number of ether oxygens (including phenoxy) is 1. The first-order valence-corrected chi connectivity index (χ1v) is 4.87. The third-order valence-electron chi connectivity index (χ3n) is 1.84. The van der Waals surface area contributed by atoms with E-state index in [0.717, 1.165) is 0 Å². The van der Waals surface area contributed by atoms with Gasteiger partial charge in [0.15, 0.2) is 12.0 Å². The molecule has 1 aromatic rings. The zero-order valence-electron chi connectivity index (χ0n) is 9.03. The lowest BCUT2D eigenvalue weighted by molar-refractivity contribution is -0.115. The van der Waals surface area contributed by atoms with E-state index in [2.05, 4.69) is 11.9 Å². The molecule has 1 N–H and O–H groups in total.